The van der Waals surface area contributed by atoms with Gasteiger partial charge in [-0.25, -0.2) is 9.97 Å². The van der Waals surface area contributed by atoms with E-state index in [0.29, 0.717) is 0 Å². The molecule has 0 saturated heterocycles. The van der Waals surface area contributed by atoms with Gasteiger partial charge < -0.3 is 8.98 Å². The molecule has 0 aliphatic heterocycles. The van der Waals surface area contributed by atoms with Gasteiger partial charge in [-0.1, -0.05) is 13.8 Å². The second kappa shape index (κ2) is 4.15. The number of aromatic nitrogens is 3. The number of alkyl halides is 3. The summed E-state index contributed by atoms with van der Waals surface area (Å²) in [6.45, 7) is 3.25. The van der Waals surface area contributed by atoms with E-state index < -0.39 is 17.8 Å². The van der Waals surface area contributed by atoms with Crippen LogP contribution >= 0.6 is 0 Å². The van der Waals surface area contributed by atoms with Gasteiger partial charge in [-0.3, -0.25) is 0 Å². The lowest BCUT2D eigenvalue weighted by atomic mass is 10.1. The highest BCUT2D eigenvalue weighted by atomic mass is 19.4. The average Bonchev–Trinajstić information content (AvgIpc) is 2.81. The van der Waals surface area contributed by atoms with Crippen LogP contribution in [0, 0.1) is 0 Å². The molecule has 0 aromatic carbocycles. The largest absolute Gasteiger partial charge is 0.439 e. The van der Waals surface area contributed by atoms with E-state index in [4.69, 9.17) is 4.42 Å². The highest BCUT2D eigenvalue weighted by molar-refractivity contribution is 5.46. The SMILES string of the molecule is CC(C)c1oc(-c2cn(C)cn2)nc1C(F)(F)F. The first-order chi connectivity index (χ1) is 8.29. The molecule has 0 N–H and O–H groups in total. The van der Waals surface area contributed by atoms with Crippen molar-refractivity contribution in [1.82, 2.24) is 14.5 Å². The van der Waals surface area contributed by atoms with Crippen molar-refractivity contribution in [2.24, 2.45) is 7.05 Å². The summed E-state index contributed by atoms with van der Waals surface area (Å²) < 4.78 is 45.2. The number of nitrogens with zero attached hydrogens (tertiary/aromatic N) is 3. The summed E-state index contributed by atoms with van der Waals surface area (Å²) in [6, 6.07) is 0. The van der Waals surface area contributed by atoms with Crippen molar-refractivity contribution in [2.75, 3.05) is 0 Å². The molecule has 2 aromatic heterocycles. The van der Waals surface area contributed by atoms with Crippen LogP contribution in [0.5, 0.6) is 0 Å². The second-order valence-corrected chi connectivity index (χ2v) is 4.31. The molecular formula is C11H12F3N3O. The van der Waals surface area contributed by atoms with Gasteiger partial charge in [-0.05, 0) is 0 Å². The molecule has 0 saturated carbocycles. The minimum atomic E-state index is -4.52. The molecule has 0 unspecified atom stereocenters. The van der Waals surface area contributed by atoms with Gasteiger partial charge in [0.2, 0.25) is 5.89 Å². The molecule has 0 spiro atoms. The van der Waals surface area contributed by atoms with Gasteiger partial charge in [0.05, 0.1) is 6.33 Å². The summed E-state index contributed by atoms with van der Waals surface area (Å²) in [7, 11) is 1.72. The number of oxazole rings is 1. The van der Waals surface area contributed by atoms with Gasteiger partial charge in [0.15, 0.2) is 5.69 Å². The Hall–Kier alpha value is -1.79. The smallest absolute Gasteiger partial charge is 0.436 e. The van der Waals surface area contributed by atoms with E-state index in [1.165, 1.54) is 6.33 Å². The van der Waals surface area contributed by atoms with Crippen molar-refractivity contribution in [2.45, 2.75) is 25.9 Å². The van der Waals surface area contributed by atoms with Crippen LogP contribution in [-0.4, -0.2) is 14.5 Å². The summed E-state index contributed by atoms with van der Waals surface area (Å²) in [5.41, 5.74) is -0.687. The Labute approximate surface area is 101 Å². The number of hydrogen-bond acceptors (Lipinski definition) is 3. The van der Waals surface area contributed by atoms with Crippen LogP contribution in [0.3, 0.4) is 0 Å². The molecule has 0 amide bonds. The summed E-state index contributed by atoms with van der Waals surface area (Å²) in [5.74, 6) is -0.665. The molecular weight excluding hydrogens is 247 g/mol. The van der Waals surface area contributed by atoms with Crippen molar-refractivity contribution >= 4 is 0 Å². The first kappa shape index (κ1) is 12.7. The van der Waals surface area contributed by atoms with Gasteiger partial charge in [0.1, 0.15) is 11.5 Å². The molecule has 2 rings (SSSR count). The van der Waals surface area contributed by atoms with Crippen LogP contribution in [0.1, 0.15) is 31.2 Å². The predicted octanol–water partition coefficient (Wildman–Crippen LogP) is 3.22. The predicted molar refractivity (Wildman–Crippen MR) is 57.8 cm³/mol. The van der Waals surface area contributed by atoms with E-state index in [9.17, 15) is 13.2 Å². The molecule has 0 bridgehead atoms. The van der Waals surface area contributed by atoms with Crippen LogP contribution in [0.25, 0.3) is 11.6 Å². The molecule has 98 valence electrons. The maximum absolute atomic E-state index is 12.8. The van der Waals surface area contributed by atoms with Crippen molar-refractivity contribution in [3.8, 4) is 11.6 Å². The Kier molecular flexibility index (Phi) is 2.92. The molecule has 0 aliphatic carbocycles. The van der Waals surface area contributed by atoms with Crippen molar-refractivity contribution in [3.05, 3.63) is 24.0 Å². The molecule has 18 heavy (non-hydrogen) atoms. The maximum atomic E-state index is 12.8. The second-order valence-electron chi connectivity index (χ2n) is 4.31. The van der Waals surface area contributed by atoms with Crippen molar-refractivity contribution in [3.63, 3.8) is 0 Å². The third kappa shape index (κ3) is 2.25. The Morgan fingerprint density at radius 2 is 2.00 bits per heavy atom. The number of hydrogen-bond donors (Lipinski definition) is 0. The third-order valence-electron chi connectivity index (χ3n) is 2.37. The van der Waals surface area contributed by atoms with Gasteiger partial charge in [-0.15, -0.1) is 0 Å². The first-order valence-corrected chi connectivity index (χ1v) is 5.35. The normalized spacial score (nSPS) is 12.4. The number of halogens is 3. The van der Waals surface area contributed by atoms with Gasteiger partial charge in [0, 0.05) is 19.2 Å². The minimum Gasteiger partial charge on any atom is -0.439 e. The zero-order chi connectivity index (χ0) is 13.5. The highest BCUT2D eigenvalue weighted by Crippen LogP contribution is 2.36. The molecule has 0 aliphatic rings. The van der Waals surface area contributed by atoms with Crippen LogP contribution in [0.2, 0.25) is 0 Å². The van der Waals surface area contributed by atoms with Crippen LogP contribution in [0.15, 0.2) is 16.9 Å². The summed E-state index contributed by atoms with van der Waals surface area (Å²) in [5, 5.41) is 0. The number of rotatable bonds is 2. The Bertz CT molecular complexity index is 554. The fraction of sp³-hybridized carbons (Fsp3) is 0.455. The van der Waals surface area contributed by atoms with E-state index >= 15 is 0 Å². The van der Waals surface area contributed by atoms with E-state index in [1.807, 2.05) is 0 Å². The Balaban J connectivity index is 2.52. The molecule has 2 heterocycles. The summed E-state index contributed by atoms with van der Waals surface area (Å²) >= 11 is 0. The monoisotopic (exact) mass is 259 g/mol. The lowest BCUT2D eigenvalue weighted by molar-refractivity contribution is -0.142. The minimum absolute atomic E-state index is 0.105. The number of aryl methyl sites for hydroxylation is 1. The quantitative estimate of drug-likeness (QED) is 0.831. The van der Waals surface area contributed by atoms with Crippen molar-refractivity contribution in [1.29, 1.82) is 0 Å². The van der Waals surface area contributed by atoms with E-state index in [2.05, 4.69) is 9.97 Å². The Morgan fingerprint density at radius 1 is 1.33 bits per heavy atom. The average molecular weight is 259 g/mol. The van der Waals surface area contributed by atoms with Crippen molar-refractivity contribution < 1.29 is 17.6 Å². The van der Waals surface area contributed by atoms with Gasteiger partial charge >= 0.3 is 6.18 Å². The molecule has 0 fully saturated rings. The zero-order valence-electron chi connectivity index (χ0n) is 10.1. The van der Waals surface area contributed by atoms with E-state index in [-0.39, 0.29) is 17.3 Å². The summed E-state index contributed by atoms with van der Waals surface area (Å²) in [6.07, 6.45) is -1.49. The fourth-order valence-corrected chi connectivity index (χ4v) is 1.56. The lowest BCUT2D eigenvalue weighted by Gasteiger charge is -2.06. The van der Waals surface area contributed by atoms with Gasteiger partial charge in [-0.2, -0.15) is 13.2 Å². The van der Waals surface area contributed by atoms with E-state index in [1.54, 1.807) is 31.7 Å². The van der Waals surface area contributed by atoms with Crippen LogP contribution in [-0.2, 0) is 13.2 Å². The van der Waals surface area contributed by atoms with Crippen LogP contribution in [0.4, 0.5) is 13.2 Å². The maximum Gasteiger partial charge on any atom is 0.436 e. The fourth-order valence-electron chi connectivity index (χ4n) is 1.56. The van der Waals surface area contributed by atoms with Crippen LogP contribution < -0.4 is 0 Å². The molecule has 2 aromatic rings. The standard InChI is InChI=1S/C11H12F3N3O/c1-6(2)8-9(11(12,13)14)16-10(18-8)7-4-17(3)5-15-7/h4-6H,1-3H3. The first-order valence-electron chi connectivity index (χ1n) is 5.35. The molecule has 7 heteroatoms. The molecule has 4 nitrogen and oxygen atoms in total. The summed E-state index contributed by atoms with van der Waals surface area (Å²) in [4.78, 5) is 7.44. The number of imidazole rings is 1. The topological polar surface area (TPSA) is 43.9 Å². The van der Waals surface area contributed by atoms with Gasteiger partial charge in [0.25, 0.3) is 0 Å². The third-order valence-corrected chi connectivity index (χ3v) is 2.37. The Morgan fingerprint density at radius 3 is 2.39 bits per heavy atom. The lowest BCUT2D eigenvalue weighted by Crippen LogP contribution is -2.09. The highest BCUT2D eigenvalue weighted by Gasteiger charge is 2.39. The van der Waals surface area contributed by atoms with E-state index in [0.717, 1.165) is 0 Å². The molecule has 0 atom stereocenters. The molecule has 0 radical (unpaired) electrons. The zero-order valence-corrected chi connectivity index (χ0v) is 10.1.